The first-order chi connectivity index (χ1) is 27.5. The zero-order chi connectivity index (χ0) is 39.8. The second kappa shape index (κ2) is 18.5. The summed E-state index contributed by atoms with van der Waals surface area (Å²) in [7, 11) is 0. The average Bonchev–Trinajstić information content (AvgIpc) is 3.50. The summed E-state index contributed by atoms with van der Waals surface area (Å²) in [5.41, 5.74) is 11.7. The Morgan fingerprint density at radius 1 is 0.576 bits per heavy atom. The molecule has 8 rings (SSSR count). The van der Waals surface area contributed by atoms with Crippen LogP contribution in [0.4, 0.5) is 0 Å². The van der Waals surface area contributed by atoms with E-state index in [1.165, 1.54) is 12.7 Å². The van der Waals surface area contributed by atoms with E-state index < -0.39 is 0 Å². The number of aromatic nitrogens is 6. The SMILES string of the molecule is Cc1ccnc(-c2[c-]c(Oc3[c-]c4c(cc3)c3ccc(Oc5[c-]c(-c6cc(C)ccn6)cc(C)c5CC(C)C)[c-]c3n4-c3ncncn3)c(CC(C)C)c(C)c2)c1.[Pd+2].[Pt+2]. The number of rotatable bonds is 11. The van der Waals surface area contributed by atoms with E-state index in [0.717, 1.165) is 90.5 Å². The molecule has 59 heavy (non-hydrogen) atoms. The van der Waals surface area contributed by atoms with Crippen LogP contribution >= 0.6 is 0 Å². The third-order valence-electron chi connectivity index (χ3n) is 9.96. The van der Waals surface area contributed by atoms with Crippen molar-refractivity contribution in [1.82, 2.24) is 29.5 Å². The molecule has 0 atom stereocenters. The van der Waals surface area contributed by atoms with E-state index >= 15 is 0 Å². The predicted octanol–water partition coefficient (Wildman–Crippen LogP) is 11.5. The van der Waals surface area contributed by atoms with Crippen LogP contribution in [0.15, 0.2) is 85.7 Å². The average molecular weight is 1050 g/mol. The summed E-state index contributed by atoms with van der Waals surface area (Å²) in [5.74, 6) is 3.66. The van der Waals surface area contributed by atoms with Crippen LogP contribution in [0.25, 0.3) is 50.3 Å². The maximum atomic E-state index is 6.74. The minimum atomic E-state index is 0. The Balaban J connectivity index is 0.00000293. The van der Waals surface area contributed by atoms with Crippen LogP contribution in [-0.2, 0) is 54.3 Å². The van der Waals surface area contributed by atoms with Crippen molar-refractivity contribution >= 4 is 21.8 Å². The molecule has 0 fully saturated rings. The standard InChI is InChI=1S/C49H44N6O2.Pd.Pt/c1-29(2)17-41-33(7)21-35(43-19-31(5)13-15-51-43)23-47(41)56-37-9-11-39-40-12-10-38(26-46(40)55(45(39)25-37)49-53-27-50-28-54-49)57-48-24-36(44-20-32(6)14-16-52-44)22-34(8)42(48)18-30(3)4;;/h9-16,19-22,27-30H,17-18H2,1-8H3;;/q-4;2*+2. The van der Waals surface area contributed by atoms with Gasteiger partial charge >= 0.3 is 41.5 Å². The molecule has 0 aliphatic rings. The maximum Gasteiger partial charge on any atom is 2.00 e. The van der Waals surface area contributed by atoms with Gasteiger partial charge in [-0.05, 0) is 37.4 Å². The number of hydrogen-bond acceptors (Lipinski definition) is 7. The van der Waals surface area contributed by atoms with Gasteiger partial charge in [0.2, 0.25) is 5.95 Å². The van der Waals surface area contributed by atoms with Crippen molar-refractivity contribution in [3.8, 4) is 51.5 Å². The van der Waals surface area contributed by atoms with Gasteiger partial charge in [0.05, 0.1) is 0 Å². The number of benzene rings is 4. The molecule has 0 amide bonds. The molecule has 0 spiro atoms. The van der Waals surface area contributed by atoms with E-state index in [9.17, 15) is 0 Å². The molecule has 8 aromatic rings. The van der Waals surface area contributed by atoms with Crippen molar-refractivity contribution in [2.45, 2.75) is 68.2 Å². The van der Waals surface area contributed by atoms with Crippen molar-refractivity contribution in [2.75, 3.05) is 0 Å². The minimum absolute atomic E-state index is 0. The minimum Gasteiger partial charge on any atom is -0.503 e. The molecule has 0 N–H and O–H groups in total. The summed E-state index contributed by atoms with van der Waals surface area (Å²) in [5, 5.41) is 1.88. The Kier molecular flexibility index (Phi) is 13.6. The maximum absolute atomic E-state index is 6.74. The number of ether oxygens (including phenoxy) is 2. The predicted molar refractivity (Wildman–Crippen MR) is 225 cm³/mol. The smallest absolute Gasteiger partial charge is 0.503 e. The summed E-state index contributed by atoms with van der Waals surface area (Å²) < 4.78 is 15.4. The van der Waals surface area contributed by atoms with Crippen LogP contribution in [-0.4, -0.2) is 29.5 Å². The van der Waals surface area contributed by atoms with Gasteiger partial charge < -0.3 is 24.0 Å². The second-order valence-electron chi connectivity index (χ2n) is 15.6. The van der Waals surface area contributed by atoms with E-state index in [1.54, 1.807) is 0 Å². The van der Waals surface area contributed by atoms with Gasteiger partial charge in [-0.25, -0.2) is 15.0 Å². The number of hydrogen-bond donors (Lipinski definition) is 0. The zero-order valence-corrected chi connectivity index (χ0v) is 38.1. The molecule has 0 bridgehead atoms. The van der Waals surface area contributed by atoms with Gasteiger partial charge in [0, 0.05) is 35.4 Å². The topological polar surface area (TPSA) is 87.8 Å². The van der Waals surface area contributed by atoms with Crippen LogP contribution in [0.1, 0.15) is 61.1 Å². The quantitative estimate of drug-likeness (QED) is 0.0942. The van der Waals surface area contributed by atoms with Gasteiger partial charge in [0.25, 0.3) is 0 Å². The van der Waals surface area contributed by atoms with Gasteiger partial charge in [-0.2, -0.15) is 22.9 Å². The van der Waals surface area contributed by atoms with Gasteiger partial charge in [0.1, 0.15) is 12.7 Å². The first kappa shape index (κ1) is 43.5. The molecule has 4 heterocycles. The monoisotopic (exact) mass is 1050 g/mol. The molecule has 4 aromatic heterocycles. The molecule has 0 unspecified atom stereocenters. The Morgan fingerprint density at radius 2 is 1.02 bits per heavy atom. The van der Waals surface area contributed by atoms with Gasteiger partial charge in [-0.15, -0.1) is 58.7 Å². The summed E-state index contributed by atoms with van der Waals surface area (Å²) in [6.07, 6.45) is 8.31. The molecule has 10 heteroatoms. The van der Waals surface area contributed by atoms with Crippen molar-refractivity contribution < 1.29 is 51.0 Å². The first-order valence-corrected chi connectivity index (χ1v) is 19.4. The zero-order valence-electron chi connectivity index (χ0n) is 34.3. The van der Waals surface area contributed by atoms with E-state index in [4.69, 9.17) is 9.47 Å². The third-order valence-corrected chi connectivity index (χ3v) is 9.96. The van der Waals surface area contributed by atoms with Gasteiger partial charge in [0.15, 0.2) is 0 Å². The summed E-state index contributed by atoms with van der Waals surface area (Å²) in [4.78, 5) is 22.5. The fourth-order valence-electron chi connectivity index (χ4n) is 7.29. The molecular weight excluding hydrogens is 1010 g/mol. The molecule has 0 aliphatic heterocycles. The second-order valence-corrected chi connectivity index (χ2v) is 15.6. The fraction of sp³-hybridized carbons (Fsp3) is 0.245. The van der Waals surface area contributed by atoms with E-state index in [2.05, 4.69) is 129 Å². The molecular formula is C49H44N6O2PdPt. The molecule has 0 aliphatic carbocycles. The van der Waals surface area contributed by atoms with Crippen LogP contribution in [0.5, 0.6) is 23.0 Å². The Morgan fingerprint density at radius 3 is 1.42 bits per heavy atom. The van der Waals surface area contributed by atoms with Crippen molar-refractivity contribution in [1.29, 1.82) is 0 Å². The molecule has 0 saturated heterocycles. The van der Waals surface area contributed by atoms with Crippen LogP contribution in [0.2, 0.25) is 0 Å². The summed E-state index contributed by atoms with van der Waals surface area (Å²) in [6, 6.07) is 34.7. The number of nitrogens with zero attached hydrogens (tertiary/aromatic N) is 6. The van der Waals surface area contributed by atoms with Gasteiger partial charge in [-0.1, -0.05) is 124 Å². The van der Waals surface area contributed by atoms with E-state index in [1.807, 2.05) is 53.4 Å². The molecule has 0 radical (unpaired) electrons. The summed E-state index contributed by atoms with van der Waals surface area (Å²) in [6.45, 7) is 17.2. The van der Waals surface area contributed by atoms with Crippen LogP contribution in [0, 0.1) is 63.8 Å². The number of fused-ring (bicyclic) bond motifs is 3. The summed E-state index contributed by atoms with van der Waals surface area (Å²) >= 11 is 0. The van der Waals surface area contributed by atoms with Crippen molar-refractivity contribution in [3.05, 3.63) is 143 Å². The molecule has 4 aromatic carbocycles. The molecule has 8 nitrogen and oxygen atoms in total. The van der Waals surface area contributed by atoms with E-state index in [0.29, 0.717) is 40.8 Å². The number of aryl methyl sites for hydroxylation is 4. The fourth-order valence-corrected chi connectivity index (χ4v) is 7.29. The van der Waals surface area contributed by atoms with Crippen molar-refractivity contribution in [3.63, 3.8) is 0 Å². The number of pyridine rings is 2. The third kappa shape index (κ3) is 9.39. The van der Waals surface area contributed by atoms with Crippen molar-refractivity contribution in [2.24, 2.45) is 11.8 Å². The van der Waals surface area contributed by atoms with Crippen LogP contribution in [0.3, 0.4) is 0 Å². The largest absolute Gasteiger partial charge is 2.00 e. The normalized spacial score (nSPS) is 11.2. The van der Waals surface area contributed by atoms with E-state index in [-0.39, 0.29) is 41.5 Å². The molecule has 302 valence electrons. The molecule has 0 saturated carbocycles. The Bertz CT molecular complexity index is 2600. The Labute approximate surface area is 374 Å². The van der Waals surface area contributed by atoms with Gasteiger partial charge in [-0.3, -0.25) is 0 Å². The Hall–Kier alpha value is -5.06. The van der Waals surface area contributed by atoms with Crippen LogP contribution < -0.4 is 9.47 Å². The first-order valence-electron chi connectivity index (χ1n) is 19.4.